The maximum absolute atomic E-state index is 12.0. The van der Waals surface area contributed by atoms with Gasteiger partial charge in [0.1, 0.15) is 11.4 Å². The monoisotopic (exact) mass is 324 g/mol. The molecule has 8 heteroatoms. The van der Waals surface area contributed by atoms with E-state index in [1.165, 1.54) is 18.3 Å². The van der Waals surface area contributed by atoms with Gasteiger partial charge in [-0.1, -0.05) is 30.3 Å². The number of ether oxygens (including phenoxy) is 1. The molecule has 0 fully saturated rings. The predicted molar refractivity (Wildman–Crippen MR) is 76.0 cm³/mol. The van der Waals surface area contributed by atoms with E-state index in [1.807, 2.05) is 0 Å². The Morgan fingerprint density at radius 2 is 1.83 bits per heavy atom. The fraction of sp³-hybridized carbons (Fsp3) is 0.133. The van der Waals surface area contributed by atoms with Gasteiger partial charge in [-0.05, 0) is 6.07 Å². The van der Waals surface area contributed by atoms with Crippen LogP contribution in [0.3, 0.4) is 0 Å². The Morgan fingerprint density at radius 1 is 1.13 bits per heavy atom. The maximum Gasteiger partial charge on any atom is 0.422 e. The van der Waals surface area contributed by atoms with E-state index < -0.39 is 18.7 Å². The van der Waals surface area contributed by atoms with Crippen molar-refractivity contribution in [3.05, 3.63) is 59.8 Å². The van der Waals surface area contributed by atoms with Gasteiger partial charge in [-0.3, -0.25) is 4.79 Å². The number of nitrogens with two attached hydrogens (primary N) is 1. The van der Waals surface area contributed by atoms with Crippen LogP contribution in [0.1, 0.15) is 15.9 Å². The number of rotatable bonds is 4. The summed E-state index contributed by atoms with van der Waals surface area (Å²) in [5, 5.41) is 0. The van der Waals surface area contributed by atoms with Gasteiger partial charge in [-0.15, -0.1) is 0 Å². The molecule has 0 radical (unpaired) electrons. The number of amidine groups is 1. The molecule has 0 unspecified atom stereocenters. The highest BCUT2D eigenvalue weighted by atomic mass is 19.4. The number of carbonyl (C=O) groups excluding carboxylic acids is 1. The van der Waals surface area contributed by atoms with Crippen LogP contribution in [0, 0.1) is 0 Å². The average Bonchev–Trinajstić information content (AvgIpc) is 2.53. The number of nitrogens with zero attached hydrogens (tertiary/aromatic N) is 1. The third-order valence-corrected chi connectivity index (χ3v) is 2.71. The van der Waals surface area contributed by atoms with Crippen LogP contribution < -0.4 is 15.5 Å². The first kappa shape index (κ1) is 16.5. The highest BCUT2D eigenvalue weighted by Gasteiger charge is 2.29. The second-order valence-electron chi connectivity index (χ2n) is 4.51. The molecule has 0 aliphatic carbocycles. The molecular weight excluding hydrogens is 311 g/mol. The van der Waals surface area contributed by atoms with Gasteiger partial charge >= 0.3 is 12.1 Å². The van der Waals surface area contributed by atoms with Crippen molar-refractivity contribution in [2.24, 2.45) is 10.7 Å². The predicted octanol–water partition coefficient (Wildman–Crippen LogP) is 1.99. The number of aromatic amines is 1. The number of alkyl halides is 3. The summed E-state index contributed by atoms with van der Waals surface area (Å²) in [6.07, 6.45) is -3.23. The number of halogens is 3. The van der Waals surface area contributed by atoms with Gasteiger partial charge in [0, 0.05) is 5.56 Å². The summed E-state index contributed by atoms with van der Waals surface area (Å²) in [5.74, 6) is -0.683. The number of nitrogens with one attached hydrogen (secondary N) is 1. The van der Waals surface area contributed by atoms with Crippen LogP contribution in [0.4, 0.5) is 13.2 Å². The zero-order valence-corrected chi connectivity index (χ0v) is 11.8. The summed E-state index contributed by atoms with van der Waals surface area (Å²) in [5.41, 5.74) is 6.46. The Hall–Kier alpha value is -2.90. The highest BCUT2D eigenvalue weighted by molar-refractivity contribution is 6.08. The second-order valence-corrected chi connectivity index (χ2v) is 4.51. The van der Waals surface area contributed by atoms with Gasteiger partial charge in [-0.25, -0.2) is 0 Å². The van der Waals surface area contributed by atoms with Crippen LogP contribution in [0.25, 0.3) is 0 Å². The van der Waals surface area contributed by atoms with Gasteiger partial charge in [0.05, 0.1) is 6.07 Å². The number of pyridine rings is 1. The maximum atomic E-state index is 12.0. The average molecular weight is 324 g/mol. The molecule has 2 aromatic rings. The van der Waals surface area contributed by atoms with E-state index in [2.05, 4.69) is 14.7 Å². The second kappa shape index (κ2) is 6.91. The number of H-pyrrole nitrogens is 1. The van der Waals surface area contributed by atoms with Crippen molar-refractivity contribution >= 4 is 11.7 Å². The lowest BCUT2D eigenvalue weighted by molar-refractivity contribution is -0.397. The summed E-state index contributed by atoms with van der Waals surface area (Å²) < 4.78 is 40.6. The van der Waals surface area contributed by atoms with Gasteiger partial charge in [0.2, 0.25) is 0 Å². The first-order chi connectivity index (χ1) is 10.8. The Labute approximate surface area is 129 Å². The molecule has 1 aromatic heterocycles. The van der Waals surface area contributed by atoms with Crippen LogP contribution in [0.5, 0.6) is 5.88 Å². The molecule has 3 N–H and O–H groups in total. The Kier molecular flexibility index (Phi) is 4.95. The summed E-state index contributed by atoms with van der Waals surface area (Å²) in [7, 11) is 0. The number of aromatic nitrogens is 1. The number of benzene rings is 1. The van der Waals surface area contributed by atoms with E-state index in [1.54, 1.807) is 30.3 Å². The van der Waals surface area contributed by atoms with E-state index in [0.29, 0.717) is 5.56 Å². The fourth-order valence-corrected chi connectivity index (χ4v) is 1.64. The topological polar surface area (TPSA) is 78.8 Å². The quantitative estimate of drug-likeness (QED) is 0.690. The summed E-state index contributed by atoms with van der Waals surface area (Å²) in [6.45, 7) is -1.42. The molecule has 5 nitrogen and oxygen atoms in total. The van der Waals surface area contributed by atoms with E-state index in [4.69, 9.17) is 5.73 Å². The Bertz CT molecular complexity index is 698. The summed E-state index contributed by atoms with van der Waals surface area (Å²) in [6, 6.07) is 11.2. The van der Waals surface area contributed by atoms with E-state index in [-0.39, 0.29) is 17.3 Å². The number of hydrogen-bond donors (Lipinski definition) is 1. The molecule has 120 valence electrons. The van der Waals surface area contributed by atoms with Crippen molar-refractivity contribution in [1.82, 2.24) is 0 Å². The number of amides is 1. The van der Waals surface area contributed by atoms with E-state index >= 15 is 0 Å². The third kappa shape index (κ3) is 5.10. The van der Waals surface area contributed by atoms with Gasteiger partial charge in [-0.2, -0.15) is 23.1 Å². The number of aliphatic imine (C=N–C) groups is 1. The summed E-state index contributed by atoms with van der Waals surface area (Å²) >= 11 is 0. The minimum atomic E-state index is -4.43. The molecule has 2 rings (SSSR count). The molecule has 1 amide bonds. The first-order valence-corrected chi connectivity index (χ1v) is 6.50. The largest absolute Gasteiger partial charge is 0.435 e. The van der Waals surface area contributed by atoms with Crippen molar-refractivity contribution in [2.45, 2.75) is 6.18 Å². The molecule has 0 aliphatic rings. The molecule has 0 saturated carbocycles. The smallest absolute Gasteiger partial charge is 0.422 e. The summed E-state index contributed by atoms with van der Waals surface area (Å²) in [4.78, 5) is 18.1. The van der Waals surface area contributed by atoms with Crippen molar-refractivity contribution in [1.29, 1.82) is 0 Å². The lowest BCUT2D eigenvalue weighted by atomic mass is 10.2. The minimum absolute atomic E-state index is 0.0491. The molecule has 0 atom stereocenters. The number of hydrogen-bond acceptors (Lipinski definition) is 2. The standard InChI is InChI=1S/C15H12F3N3O2/c16-15(17,18)9-23-12-7-6-11(8-20-12)14(22)21-13(19)10-4-2-1-3-5-10/h1-8H,9H2,(H2,19,21,22)/p+1. The molecule has 0 spiro atoms. The van der Waals surface area contributed by atoms with Gasteiger partial charge in [0.25, 0.3) is 5.91 Å². The van der Waals surface area contributed by atoms with Crippen LogP contribution >= 0.6 is 0 Å². The molecular formula is C15H13F3N3O2+. The lowest BCUT2D eigenvalue weighted by Gasteiger charge is -2.05. The fourth-order valence-electron chi connectivity index (χ4n) is 1.64. The van der Waals surface area contributed by atoms with E-state index in [0.717, 1.165) is 0 Å². The van der Waals surface area contributed by atoms with Crippen molar-refractivity contribution in [3.63, 3.8) is 0 Å². The van der Waals surface area contributed by atoms with Crippen LogP contribution in [0.2, 0.25) is 0 Å². The van der Waals surface area contributed by atoms with E-state index in [9.17, 15) is 18.0 Å². The minimum Gasteiger partial charge on any atom is -0.435 e. The number of carbonyl (C=O) groups is 1. The van der Waals surface area contributed by atoms with Crippen molar-refractivity contribution in [3.8, 4) is 5.88 Å². The van der Waals surface area contributed by atoms with Gasteiger partial charge < -0.3 is 10.5 Å². The SMILES string of the molecule is NC(=NC(=O)c1ccc(OCC(F)(F)F)[nH+]c1)c1ccccc1. The normalized spacial score (nSPS) is 12.0. The zero-order valence-electron chi connectivity index (χ0n) is 11.8. The zero-order chi connectivity index (χ0) is 16.9. The Balaban J connectivity index is 2.06. The lowest BCUT2D eigenvalue weighted by Crippen LogP contribution is -2.23. The third-order valence-electron chi connectivity index (χ3n) is 2.71. The molecule has 0 aliphatic heterocycles. The van der Waals surface area contributed by atoms with Crippen LogP contribution in [0.15, 0.2) is 53.7 Å². The van der Waals surface area contributed by atoms with Crippen LogP contribution in [-0.2, 0) is 0 Å². The first-order valence-electron chi connectivity index (χ1n) is 6.50. The Morgan fingerprint density at radius 3 is 2.39 bits per heavy atom. The van der Waals surface area contributed by atoms with Crippen molar-refractivity contribution < 1.29 is 27.7 Å². The molecule has 23 heavy (non-hydrogen) atoms. The molecule has 0 bridgehead atoms. The molecule has 1 aromatic carbocycles. The highest BCUT2D eigenvalue weighted by Crippen LogP contribution is 2.15. The van der Waals surface area contributed by atoms with Gasteiger partial charge in [0.15, 0.2) is 12.8 Å². The molecule has 1 heterocycles. The van der Waals surface area contributed by atoms with Crippen LogP contribution in [-0.4, -0.2) is 24.5 Å². The molecule has 0 saturated heterocycles. The van der Waals surface area contributed by atoms with Crippen molar-refractivity contribution in [2.75, 3.05) is 6.61 Å².